The van der Waals surface area contributed by atoms with Crippen LogP contribution in [0.1, 0.15) is 20.7 Å². The van der Waals surface area contributed by atoms with Crippen molar-refractivity contribution in [2.24, 2.45) is 5.73 Å². The third-order valence-corrected chi connectivity index (χ3v) is 3.25. The number of amides is 1. The Hall–Kier alpha value is -2.57. The number of benzene rings is 2. The van der Waals surface area contributed by atoms with Crippen molar-refractivity contribution in [2.75, 3.05) is 6.61 Å². The maximum atomic E-state index is 10.4. The van der Waals surface area contributed by atoms with Crippen molar-refractivity contribution in [3.63, 3.8) is 0 Å². The molecule has 0 saturated heterocycles. The summed E-state index contributed by atoms with van der Waals surface area (Å²) in [6.45, 7) is -0.212. The Morgan fingerprint density at radius 3 is 2.04 bits per heavy atom. The van der Waals surface area contributed by atoms with Crippen LogP contribution in [0.2, 0.25) is 10.0 Å². The van der Waals surface area contributed by atoms with Crippen molar-refractivity contribution in [1.29, 1.82) is 0 Å². The summed E-state index contributed by atoms with van der Waals surface area (Å²) in [5, 5.41) is 9.39. The molecule has 0 radical (unpaired) electrons. The Morgan fingerprint density at radius 2 is 1.58 bits per heavy atom. The molecule has 0 atom stereocenters. The van der Waals surface area contributed by atoms with Gasteiger partial charge in [-0.3, -0.25) is 14.4 Å². The maximum absolute atomic E-state index is 10.4. The zero-order valence-electron chi connectivity index (χ0n) is 12.2. The Morgan fingerprint density at radius 1 is 1.04 bits per heavy atom. The number of carbonyl (C=O) groups is 3. The lowest BCUT2D eigenvalue weighted by molar-refractivity contribution is -0.119. The molecular formula is C16H13Cl2NO5. The van der Waals surface area contributed by atoms with Crippen LogP contribution in [-0.2, 0) is 4.79 Å². The van der Waals surface area contributed by atoms with Crippen molar-refractivity contribution in [3.8, 4) is 11.5 Å². The van der Waals surface area contributed by atoms with Gasteiger partial charge in [-0.25, -0.2) is 0 Å². The van der Waals surface area contributed by atoms with Crippen LogP contribution in [0, 0.1) is 0 Å². The van der Waals surface area contributed by atoms with Crippen LogP contribution in [-0.4, -0.2) is 30.2 Å². The minimum absolute atomic E-state index is 0.0654. The molecule has 1 amide bonds. The Kier molecular flexibility index (Phi) is 7.74. The number of hydrogen-bond acceptors (Lipinski definition) is 5. The van der Waals surface area contributed by atoms with Crippen LogP contribution in [0.25, 0.3) is 0 Å². The molecule has 3 N–H and O–H groups in total. The molecule has 24 heavy (non-hydrogen) atoms. The molecule has 2 aromatic carbocycles. The second-order valence-electron chi connectivity index (χ2n) is 4.38. The lowest BCUT2D eigenvalue weighted by Gasteiger charge is -2.04. The predicted octanol–water partition coefficient (Wildman–Crippen LogP) is 2.87. The zero-order chi connectivity index (χ0) is 18.1. The second kappa shape index (κ2) is 9.54. The average Bonchev–Trinajstić information content (AvgIpc) is 2.54. The van der Waals surface area contributed by atoms with Crippen LogP contribution in [0.4, 0.5) is 0 Å². The molecule has 0 fully saturated rings. The monoisotopic (exact) mass is 369 g/mol. The van der Waals surface area contributed by atoms with Gasteiger partial charge in [0.05, 0.1) is 10.0 Å². The summed E-state index contributed by atoms with van der Waals surface area (Å²) in [6, 6.07) is 8.70. The lowest BCUT2D eigenvalue weighted by atomic mass is 10.2. The van der Waals surface area contributed by atoms with E-state index < -0.39 is 5.91 Å². The topological polar surface area (TPSA) is 107 Å². The Bertz CT molecular complexity index is 749. The maximum Gasteiger partial charge on any atom is 0.255 e. The summed E-state index contributed by atoms with van der Waals surface area (Å²) in [6.07, 6.45) is 1.28. The van der Waals surface area contributed by atoms with E-state index >= 15 is 0 Å². The summed E-state index contributed by atoms with van der Waals surface area (Å²) in [7, 11) is 0. The number of halogens is 2. The largest absolute Gasteiger partial charge is 0.508 e. The van der Waals surface area contributed by atoms with Gasteiger partial charge < -0.3 is 15.6 Å². The quantitative estimate of drug-likeness (QED) is 0.787. The normalized spacial score (nSPS) is 9.42. The molecule has 0 bridgehead atoms. The number of rotatable bonds is 5. The Balaban J connectivity index is 0.000000254. The van der Waals surface area contributed by atoms with Crippen LogP contribution < -0.4 is 10.5 Å². The van der Waals surface area contributed by atoms with E-state index in [1.165, 1.54) is 30.3 Å². The number of hydrogen-bond donors (Lipinski definition) is 2. The molecule has 0 heterocycles. The number of ether oxygens (including phenoxy) is 1. The van der Waals surface area contributed by atoms with Gasteiger partial charge in [0.25, 0.3) is 5.91 Å². The van der Waals surface area contributed by atoms with E-state index in [4.69, 9.17) is 38.8 Å². The minimum atomic E-state index is -0.569. The molecule has 0 aromatic heterocycles. The second-order valence-corrected chi connectivity index (χ2v) is 5.19. The van der Waals surface area contributed by atoms with Crippen LogP contribution in [0.15, 0.2) is 36.4 Å². The molecular weight excluding hydrogens is 357 g/mol. The standard InChI is InChI=1S/C9H8ClNO3.C7H5ClO2/c10-8-3-7(14-5-9(11)13)2-1-6(8)4-12;8-7-3-6(10)2-1-5(7)4-9/h1-4H,5H2,(H2,11,13);1-4,10H. The van der Waals surface area contributed by atoms with Crippen LogP contribution in [0.5, 0.6) is 11.5 Å². The van der Waals surface area contributed by atoms with E-state index in [2.05, 4.69) is 0 Å². The fourth-order valence-electron chi connectivity index (χ4n) is 1.46. The summed E-state index contributed by atoms with van der Waals surface area (Å²) in [4.78, 5) is 31.0. The fraction of sp³-hybridized carbons (Fsp3) is 0.0625. The molecule has 126 valence electrons. The molecule has 0 unspecified atom stereocenters. The van der Waals surface area contributed by atoms with Crippen molar-refractivity contribution in [3.05, 3.63) is 57.6 Å². The van der Waals surface area contributed by atoms with E-state index in [0.717, 1.165) is 0 Å². The van der Waals surface area contributed by atoms with Gasteiger partial charge in [0.2, 0.25) is 0 Å². The molecule has 8 heteroatoms. The van der Waals surface area contributed by atoms with Gasteiger partial charge in [0.15, 0.2) is 19.2 Å². The smallest absolute Gasteiger partial charge is 0.255 e. The fourth-order valence-corrected chi connectivity index (χ4v) is 1.89. The third-order valence-electron chi connectivity index (χ3n) is 2.59. The van der Waals surface area contributed by atoms with Gasteiger partial charge in [-0.1, -0.05) is 23.2 Å². The first-order chi connectivity index (χ1) is 11.4. The lowest BCUT2D eigenvalue weighted by Crippen LogP contribution is -2.20. The summed E-state index contributed by atoms with van der Waals surface area (Å²) in [5.41, 5.74) is 5.64. The Labute approximate surface area is 147 Å². The van der Waals surface area contributed by atoms with E-state index in [-0.39, 0.29) is 22.4 Å². The first kappa shape index (κ1) is 19.5. The molecule has 0 saturated carbocycles. The van der Waals surface area contributed by atoms with Gasteiger partial charge >= 0.3 is 0 Å². The van der Waals surface area contributed by atoms with E-state index in [1.807, 2.05) is 0 Å². The highest BCUT2D eigenvalue weighted by molar-refractivity contribution is 6.33. The highest BCUT2D eigenvalue weighted by Gasteiger charge is 2.02. The van der Waals surface area contributed by atoms with Gasteiger partial charge in [0.1, 0.15) is 11.5 Å². The molecule has 6 nitrogen and oxygen atoms in total. The number of aromatic hydroxyl groups is 1. The van der Waals surface area contributed by atoms with Crippen molar-refractivity contribution in [2.45, 2.75) is 0 Å². The predicted molar refractivity (Wildman–Crippen MR) is 90.0 cm³/mol. The number of nitrogens with two attached hydrogens (primary N) is 1. The van der Waals surface area contributed by atoms with Crippen molar-refractivity contribution in [1.82, 2.24) is 0 Å². The molecule has 2 aromatic rings. The number of phenols is 1. The van der Waals surface area contributed by atoms with Gasteiger partial charge in [-0.15, -0.1) is 0 Å². The first-order valence-corrected chi connectivity index (χ1v) is 7.22. The number of carbonyl (C=O) groups excluding carboxylic acids is 3. The zero-order valence-corrected chi connectivity index (χ0v) is 13.8. The highest BCUT2D eigenvalue weighted by atomic mass is 35.5. The van der Waals surface area contributed by atoms with E-state index in [1.54, 1.807) is 6.07 Å². The van der Waals surface area contributed by atoms with Crippen LogP contribution in [0.3, 0.4) is 0 Å². The molecule has 0 aliphatic heterocycles. The molecule has 0 aliphatic rings. The van der Waals surface area contributed by atoms with Gasteiger partial charge in [-0.2, -0.15) is 0 Å². The first-order valence-electron chi connectivity index (χ1n) is 6.47. The summed E-state index contributed by atoms with van der Waals surface area (Å²) in [5.74, 6) is -0.101. The highest BCUT2D eigenvalue weighted by Crippen LogP contribution is 2.21. The van der Waals surface area contributed by atoms with Crippen molar-refractivity contribution >= 4 is 41.7 Å². The van der Waals surface area contributed by atoms with E-state index in [0.29, 0.717) is 29.4 Å². The number of aldehydes is 2. The molecule has 2 rings (SSSR count). The summed E-state index contributed by atoms with van der Waals surface area (Å²) < 4.78 is 4.97. The average molecular weight is 370 g/mol. The van der Waals surface area contributed by atoms with Crippen molar-refractivity contribution < 1.29 is 24.2 Å². The number of primary amides is 1. The van der Waals surface area contributed by atoms with Gasteiger partial charge in [-0.05, 0) is 36.4 Å². The van der Waals surface area contributed by atoms with E-state index in [9.17, 15) is 14.4 Å². The van der Waals surface area contributed by atoms with Gasteiger partial charge in [0, 0.05) is 11.1 Å². The minimum Gasteiger partial charge on any atom is -0.508 e. The SMILES string of the molecule is NC(=O)COc1ccc(C=O)c(Cl)c1.O=Cc1ccc(O)cc1Cl. The molecule has 0 spiro atoms. The third kappa shape index (κ3) is 6.28. The van der Waals surface area contributed by atoms with Crippen LogP contribution >= 0.6 is 23.2 Å². The molecule has 0 aliphatic carbocycles. The number of phenolic OH excluding ortho intramolecular Hbond substituents is 1. The summed E-state index contributed by atoms with van der Waals surface area (Å²) >= 11 is 11.3.